The van der Waals surface area contributed by atoms with Crippen LogP contribution in [0.2, 0.25) is 0 Å². The topological polar surface area (TPSA) is 75.3 Å². The Morgan fingerprint density at radius 1 is 0.952 bits per heavy atom. The molecule has 0 spiro atoms. The van der Waals surface area contributed by atoms with Crippen molar-refractivity contribution in [3.05, 3.63) is 59.9 Å². The van der Waals surface area contributed by atoms with Gasteiger partial charge in [-0.1, -0.05) is 36.4 Å². The quantitative estimate of drug-likeness (QED) is 0.717. The molecule has 0 unspecified atom stereocenters. The second kappa shape index (κ2) is 5.47. The molecule has 0 amide bonds. The first-order chi connectivity index (χ1) is 10.3. The molecule has 0 aliphatic rings. The van der Waals surface area contributed by atoms with E-state index in [9.17, 15) is 5.26 Å². The largest absolute Gasteiger partial charge is 0.253 e. The molecular weight excluding hydrogens is 262 g/mol. The molecule has 0 aliphatic carbocycles. The third-order valence-corrected chi connectivity index (χ3v) is 3.06. The lowest BCUT2D eigenvalue weighted by Gasteiger charge is -2.05. The van der Waals surface area contributed by atoms with Crippen molar-refractivity contribution in [1.82, 2.24) is 20.2 Å². The monoisotopic (exact) mass is 273 g/mol. The molecule has 0 aliphatic heterocycles. The summed E-state index contributed by atoms with van der Waals surface area (Å²) in [5, 5.41) is 17.6. The molecule has 0 N–H and O–H groups in total. The zero-order valence-corrected chi connectivity index (χ0v) is 11.4. The number of aromatic nitrogens is 4. The fourth-order valence-corrected chi connectivity index (χ4v) is 2.01. The number of aryl methyl sites for hydroxylation is 1. The summed E-state index contributed by atoms with van der Waals surface area (Å²) in [6.45, 7) is 1.92. The summed E-state index contributed by atoms with van der Waals surface area (Å²) in [6, 6.07) is 15.3. The van der Waals surface area contributed by atoms with E-state index < -0.39 is 0 Å². The standard InChI is InChI=1S/C16H11N5/c1-11-6-5-9-18-14(11)16-19-13(10-17)15(20-21-16)12-7-3-2-4-8-12/h2-9H,1H3. The van der Waals surface area contributed by atoms with Gasteiger partial charge in [-0.05, 0) is 18.6 Å². The summed E-state index contributed by atoms with van der Waals surface area (Å²) in [5.41, 5.74) is 3.13. The number of hydrogen-bond acceptors (Lipinski definition) is 5. The van der Waals surface area contributed by atoms with Crippen molar-refractivity contribution in [2.75, 3.05) is 0 Å². The highest BCUT2D eigenvalue weighted by Gasteiger charge is 2.13. The van der Waals surface area contributed by atoms with Gasteiger partial charge in [-0.3, -0.25) is 4.98 Å². The average molecular weight is 273 g/mol. The van der Waals surface area contributed by atoms with Crippen LogP contribution in [0.3, 0.4) is 0 Å². The fraction of sp³-hybridized carbons (Fsp3) is 0.0625. The van der Waals surface area contributed by atoms with Gasteiger partial charge in [0.05, 0.1) is 0 Å². The van der Waals surface area contributed by atoms with Crippen LogP contribution >= 0.6 is 0 Å². The van der Waals surface area contributed by atoms with Crippen LogP contribution in [0.25, 0.3) is 22.8 Å². The molecular formula is C16H11N5. The first-order valence-electron chi connectivity index (χ1n) is 6.42. The molecule has 3 aromatic rings. The third-order valence-electron chi connectivity index (χ3n) is 3.06. The Hall–Kier alpha value is -3.13. The van der Waals surface area contributed by atoms with E-state index in [1.54, 1.807) is 6.20 Å². The second-order valence-corrected chi connectivity index (χ2v) is 4.48. The van der Waals surface area contributed by atoms with Crippen LogP contribution in [0, 0.1) is 18.3 Å². The first kappa shape index (κ1) is 12.9. The Morgan fingerprint density at radius 3 is 2.48 bits per heavy atom. The summed E-state index contributed by atoms with van der Waals surface area (Å²) < 4.78 is 0. The molecule has 5 heteroatoms. The van der Waals surface area contributed by atoms with Gasteiger partial charge < -0.3 is 0 Å². The lowest BCUT2D eigenvalue weighted by Crippen LogP contribution is -2.02. The van der Waals surface area contributed by atoms with Crippen molar-refractivity contribution in [2.45, 2.75) is 6.92 Å². The van der Waals surface area contributed by atoms with Crippen molar-refractivity contribution < 1.29 is 0 Å². The van der Waals surface area contributed by atoms with E-state index in [4.69, 9.17) is 0 Å². The number of benzene rings is 1. The molecule has 1 aromatic carbocycles. The number of nitriles is 1. The van der Waals surface area contributed by atoms with E-state index in [2.05, 4.69) is 26.2 Å². The van der Waals surface area contributed by atoms with Crippen LogP contribution in [-0.2, 0) is 0 Å². The van der Waals surface area contributed by atoms with Crippen LogP contribution in [0.5, 0.6) is 0 Å². The predicted molar refractivity (Wildman–Crippen MR) is 77.9 cm³/mol. The molecule has 3 rings (SSSR count). The van der Waals surface area contributed by atoms with Gasteiger partial charge in [0.15, 0.2) is 5.69 Å². The third kappa shape index (κ3) is 2.47. The van der Waals surface area contributed by atoms with Crippen molar-refractivity contribution in [2.24, 2.45) is 0 Å². The molecule has 0 fully saturated rings. The minimum absolute atomic E-state index is 0.247. The molecule has 0 saturated heterocycles. The highest BCUT2D eigenvalue weighted by molar-refractivity contribution is 5.65. The van der Waals surface area contributed by atoms with E-state index >= 15 is 0 Å². The van der Waals surface area contributed by atoms with Crippen molar-refractivity contribution in [1.29, 1.82) is 5.26 Å². The molecule has 2 heterocycles. The molecule has 21 heavy (non-hydrogen) atoms. The summed E-state index contributed by atoms with van der Waals surface area (Å²) in [7, 11) is 0. The average Bonchev–Trinajstić information content (AvgIpc) is 2.55. The highest BCUT2D eigenvalue weighted by atomic mass is 15.2. The van der Waals surface area contributed by atoms with Crippen molar-refractivity contribution in [3.63, 3.8) is 0 Å². The Balaban J connectivity index is 2.13. The second-order valence-electron chi connectivity index (χ2n) is 4.48. The van der Waals surface area contributed by atoms with E-state index in [0.29, 0.717) is 17.2 Å². The molecule has 0 bridgehead atoms. The maximum atomic E-state index is 9.32. The predicted octanol–water partition coefficient (Wildman–Crippen LogP) is 2.78. The summed E-state index contributed by atoms with van der Waals surface area (Å²) in [4.78, 5) is 8.55. The Kier molecular flexibility index (Phi) is 3.36. The smallest absolute Gasteiger partial charge is 0.201 e. The Bertz CT molecular complexity index is 822. The molecule has 0 radical (unpaired) electrons. The maximum absolute atomic E-state index is 9.32. The number of nitrogens with zero attached hydrogens (tertiary/aromatic N) is 5. The van der Waals surface area contributed by atoms with Gasteiger partial charge in [0.25, 0.3) is 0 Å². The lowest BCUT2D eigenvalue weighted by molar-refractivity contribution is 0.963. The van der Waals surface area contributed by atoms with E-state index in [0.717, 1.165) is 11.1 Å². The zero-order chi connectivity index (χ0) is 14.7. The van der Waals surface area contributed by atoms with E-state index in [1.165, 1.54) is 0 Å². The highest BCUT2D eigenvalue weighted by Crippen LogP contribution is 2.22. The van der Waals surface area contributed by atoms with Gasteiger partial charge in [0.2, 0.25) is 5.82 Å². The lowest BCUT2D eigenvalue weighted by atomic mass is 10.1. The van der Waals surface area contributed by atoms with Crippen LogP contribution in [-0.4, -0.2) is 20.2 Å². The van der Waals surface area contributed by atoms with E-state index in [1.807, 2.05) is 49.4 Å². The maximum Gasteiger partial charge on any atom is 0.201 e. The van der Waals surface area contributed by atoms with Crippen molar-refractivity contribution >= 4 is 0 Å². The van der Waals surface area contributed by atoms with Gasteiger partial charge in [-0.2, -0.15) is 5.26 Å². The molecule has 2 aromatic heterocycles. The van der Waals surface area contributed by atoms with Gasteiger partial charge >= 0.3 is 0 Å². The van der Waals surface area contributed by atoms with Crippen LogP contribution in [0.15, 0.2) is 48.7 Å². The van der Waals surface area contributed by atoms with Crippen LogP contribution in [0.1, 0.15) is 11.3 Å². The normalized spacial score (nSPS) is 10.1. The zero-order valence-electron chi connectivity index (χ0n) is 11.4. The minimum Gasteiger partial charge on any atom is -0.253 e. The Labute approximate surface area is 122 Å². The van der Waals surface area contributed by atoms with Gasteiger partial charge in [0, 0.05) is 11.8 Å². The summed E-state index contributed by atoms with van der Waals surface area (Å²) >= 11 is 0. The van der Waals surface area contributed by atoms with Crippen LogP contribution < -0.4 is 0 Å². The Morgan fingerprint density at radius 2 is 1.76 bits per heavy atom. The van der Waals surface area contributed by atoms with E-state index in [-0.39, 0.29) is 5.69 Å². The number of rotatable bonds is 2. The molecule has 5 nitrogen and oxygen atoms in total. The summed E-state index contributed by atoms with van der Waals surface area (Å²) in [6.07, 6.45) is 1.67. The summed E-state index contributed by atoms with van der Waals surface area (Å²) in [5.74, 6) is 0.365. The first-order valence-corrected chi connectivity index (χ1v) is 6.42. The number of hydrogen-bond donors (Lipinski definition) is 0. The van der Waals surface area contributed by atoms with Gasteiger partial charge in [0.1, 0.15) is 17.5 Å². The SMILES string of the molecule is Cc1cccnc1-c1nnc(-c2ccccc2)c(C#N)n1. The van der Waals surface area contributed by atoms with Crippen LogP contribution in [0.4, 0.5) is 0 Å². The number of pyridine rings is 1. The van der Waals surface area contributed by atoms with Gasteiger partial charge in [-0.25, -0.2) is 4.98 Å². The van der Waals surface area contributed by atoms with Crippen molar-refractivity contribution in [3.8, 4) is 28.8 Å². The minimum atomic E-state index is 0.247. The van der Waals surface area contributed by atoms with Gasteiger partial charge in [-0.15, -0.1) is 10.2 Å². The molecule has 100 valence electrons. The molecule has 0 saturated carbocycles. The fourth-order valence-electron chi connectivity index (χ4n) is 2.01. The molecule has 0 atom stereocenters.